The van der Waals surface area contributed by atoms with Gasteiger partial charge < -0.3 is 5.11 Å². The Morgan fingerprint density at radius 2 is 1.50 bits per heavy atom. The third-order valence-corrected chi connectivity index (χ3v) is 2.48. The molecule has 1 aliphatic rings. The fraction of sp³-hybridized carbons (Fsp3) is 1.00. The first kappa shape index (κ1) is 11.6. The molecule has 0 aromatic rings. The summed E-state index contributed by atoms with van der Waals surface area (Å²) < 4.78 is 0. The maximum absolute atomic E-state index is 9.45. The van der Waals surface area contributed by atoms with Crippen molar-refractivity contribution in [2.24, 2.45) is 11.8 Å². The zero-order chi connectivity index (χ0) is 6.85. The minimum Gasteiger partial charge on any atom is -0.393 e. The van der Waals surface area contributed by atoms with Gasteiger partial charge in [0.15, 0.2) is 0 Å². The van der Waals surface area contributed by atoms with Crippen LogP contribution >= 0.6 is 0 Å². The van der Waals surface area contributed by atoms with Crippen LogP contribution in [-0.2, 0) is 0 Å². The first-order chi connectivity index (χ1) is 4.22. The van der Waals surface area contributed by atoms with Crippen LogP contribution < -0.4 is 51.4 Å². The second-order valence-electron chi connectivity index (χ2n) is 3.38. The summed E-state index contributed by atoms with van der Waals surface area (Å²) in [6.07, 6.45) is 3.70. The maximum atomic E-state index is 9.45. The van der Waals surface area contributed by atoms with Crippen molar-refractivity contribution in [2.75, 3.05) is 0 Å². The molecule has 0 saturated heterocycles. The molecule has 54 valence electrons. The molecule has 1 nitrogen and oxygen atoms in total. The van der Waals surface area contributed by atoms with E-state index >= 15 is 0 Å². The molecule has 2 heteroatoms. The Morgan fingerprint density at radius 1 is 1.10 bits per heavy atom. The van der Waals surface area contributed by atoms with Gasteiger partial charge in [0, 0.05) is 0 Å². The van der Waals surface area contributed by atoms with Crippen LogP contribution in [0.5, 0.6) is 0 Å². The van der Waals surface area contributed by atoms with Crippen molar-refractivity contribution in [1.29, 1.82) is 0 Å². The fourth-order valence-corrected chi connectivity index (χ4v) is 1.66. The average molecular weight is 167 g/mol. The van der Waals surface area contributed by atoms with Gasteiger partial charge in [-0.1, -0.05) is 20.3 Å². The van der Waals surface area contributed by atoms with E-state index in [1.165, 1.54) is 19.3 Å². The third kappa shape index (κ3) is 2.92. The summed E-state index contributed by atoms with van der Waals surface area (Å²) in [7, 11) is 0. The zero-order valence-electron chi connectivity index (χ0n) is 7.30. The first-order valence-electron chi connectivity index (χ1n) is 3.90. The van der Waals surface area contributed by atoms with E-state index in [1.54, 1.807) is 0 Å². The fourth-order valence-electron chi connectivity index (χ4n) is 1.66. The molecule has 0 aromatic carbocycles. The van der Waals surface area contributed by atoms with Gasteiger partial charge in [-0.3, -0.25) is 0 Å². The van der Waals surface area contributed by atoms with Crippen molar-refractivity contribution in [3.8, 4) is 0 Å². The molecule has 1 fully saturated rings. The third-order valence-electron chi connectivity index (χ3n) is 2.48. The van der Waals surface area contributed by atoms with Crippen LogP contribution in [0.4, 0.5) is 0 Å². The molecule has 2 unspecified atom stereocenters. The van der Waals surface area contributed by atoms with Crippen LogP contribution in [0.1, 0.15) is 33.1 Å². The zero-order valence-corrected chi connectivity index (χ0v) is 10.4. The molecule has 0 amide bonds. The van der Waals surface area contributed by atoms with Gasteiger partial charge in [-0.2, -0.15) is 0 Å². The van der Waals surface area contributed by atoms with Gasteiger partial charge in [-0.05, 0) is 24.7 Å². The molecule has 0 aromatic heterocycles. The Kier molecular flexibility index (Phi) is 6.12. The SMILES string of the molecule is CC1CCCC(C)C1O.[K+]. The van der Waals surface area contributed by atoms with E-state index in [-0.39, 0.29) is 57.5 Å². The van der Waals surface area contributed by atoms with Crippen LogP contribution in [0.2, 0.25) is 0 Å². The van der Waals surface area contributed by atoms with Crippen LogP contribution in [0.3, 0.4) is 0 Å². The molecule has 2 atom stereocenters. The second-order valence-corrected chi connectivity index (χ2v) is 3.38. The Hall–Kier alpha value is 1.60. The van der Waals surface area contributed by atoms with Gasteiger partial charge in [0.1, 0.15) is 0 Å². The van der Waals surface area contributed by atoms with Crippen molar-refractivity contribution < 1.29 is 56.5 Å². The predicted molar refractivity (Wildman–Crippen MR) is 38.2 cm³/mol. The van der Waals surface area contributed by atoms with E-state index in [2.05, 4.69) is 13.8 Å². The molecule has 0 bridgehead atoms. The predicted octanol–water partition coefficient (Wildman–Crippen LogP) is -1.19. The molecular formula is C8H16KO+. The van der Waals surface area contributed by atoms with Crippen LogP contribution in [0.15, 0.2) is 0 Å². The van der Waals surface area contributed by atoms with E-state index in [1.807, 2.05) is 0 Å². The molecule has 10 heavy (non-hydrogen) atoms. The molecule has 1 saturated carbocycles. The monoisotopic (exact) mass is 167 g/mol. The average Bonchev–Trinajstić information content (AvgIpc) is 1.83. The van der Waals surface area contributed by atoms with Gasteiger partial charge in [-0.15, -0.1) is 0 Å². The largest absolute Gasteiger partial charge is 1.00 e. The normalized spacial score (nSPS) is 40.5. The number of aliphatic hydroxyl groups excluding tert-OH is 1. The Bertz CT molecular complexity index is 85.3. The molecule has 0 heterocycles. The molecule has 0 radical (unpaired) electrons. The first-order valence-corrected chi connectivity index (χ1v) is 3.90. The van der Waals surface area contributed by atoms with E-state index in [0.717, 1.165) is 0 Å². The van der Waals surface area contributed by atoms with Crippen molar-refractivity contribution >= 4 is 0 Å². The summed E-state index contributed by atoms with van der Waals surface area (Å²) >= 11 is 0. The summed E-state index contributed by atoms with van der Waals surface area (Å²) in [6.45, 7) is 4.28. The van der Waals surface area contributed by atoms with Crippen molar-refractivity contribution in [2.45, 2.75) is 39.2 Å². The number of hydrogen-bond donors (Lipinski definition) is 1. The van der Waals surface area contributed by atoms with Crippen molar-refractivity contribution in [3.05, 3.63) is 0 Å². The van der Waals surface area contributed by atoms with Crippen LogP contribution in [0.25, 0.3) is 0 Å². The summed E-state index contributed by atoms with van der Waals surface area (Å²) in [5.74, 6) is 1.07. The summed E-state index contributed by atoms with van der Waals surface area (Å²) in [5.41, 5.74) is 0. The molecular weight excluding hydrogens is 151 g/mol. The van der Waals surface area contributed by atoms with Crippen LogP contribution in [-0.4, -0.2) is 11.2 Å². The molecule has 1 N–H and O–H groups in total. The van der Waals surface area contributed by atoms with E-state index in [9.17, 15) is 5.11 Å². The Morgan fingerprint density at radius 3 is 1.80 bits per heavy atom. The van der Waals surface area contributed by atoms with Gasteiger partial charge in [-0.25, -0.2) is 0 Å². The second kappa shape index (κ2) is 5.28. The van der Waals surface area contributed by atoms with E-state index < -0.39 is 0 Å². The summed E-state index contributed by atoms with van der Waals surface area (Å²) in [4.78, 5) is 0. The van der Waals surface area contributed by atoms with Crippen molar-refractivity contribution in [3.63, 3.8) is 0 Å². The molecule has 0 aliphatic heterocycles. The topological polar surface area (TPSA) is 20.2 Å². The summed E-state index contributed by atoms with van der Waals surface area (Å²) in [6, 6.07) is 0. The quantitative estimate of drug-likeness (QED) is 0.450. The Balaban J connectivity index is 0.000000810. The van der Waals surface area contributed by atoms with E-state index in [0.29, 0.717) is 11.8 Å². The smallest absolute Gasteiger partial charge is 0.393 e. The Labute approximate surface area is 106 Å². The van der Waals surface area contributed by atoms with Gasteiger partial charge in [0.05, 0.1) is 6.10 Å². The van der Waals surface area contributed by atoms with E-state index in [4.69, 9.17) is 0 Å². The van der Waals surface area contributed by atoms with Gasteiger partial charge in [0.25, 0.3) is 0 Å². The molecule has 1 rings (SSSR count). The standard InChI is InChI=1S/C8H16O.K/c1-6-4-3-5-7(2)8(6)9;/h6-9H,3-5H2,1-2H3;/q;+1. The minimum absolute atomic E-state index is 0. The number of hydrogen-bond acceptors (Lipinski definition) is 1. The van der Waals surface area contributed by atoms with Gasteiger partial charge in [0.2, 0.25) is 0 Å². The number of aliphatic hydroxyl groups is 1. The molecule has 0 spiro atoms. The number of rotatable bonds is 0. The van der Waals surface area contributed by atoms with Crippen molar-refractivity contribution in [1.82, 2.24) is 0 Å². The summed E-state index contributed by atoms with van der Waals surface area (Å²) in [5, 5.41) is 9.45. The maximum Gasteiger partial charge on any atom is 1.00 e. The van der Waals surface area contributed by atoms with Crippen LogP contribution in [0, 0.1) is 11.8 Å². The molecule has 1 aliphatic carbocycles. The van der Waals surface area contributed by atoms with Gasteiger partial charge >= 0.3 is 51.4 Å². The minimum atomic E-state index is -0.0289.